The largest absolute Gasteiger partial charge is 0.302 e. The number of hydrogen-bond acceptors (Lipinski definition) is 3. The molecule has 0 amide bonds. The van der Waals surface area contributed by atoms with E-state index in [9.17, 15) is 0 Å². The van der Waals surface area contributed by atoms with Crippen molar-refractivity contribution in [3.05, 3.63) is 29.6 Å². The molecule has 3 heteroatoms. The monoisotopic (exact) mass is 203 g/mol. The molecule has 0 saturated carbocycles. The van der Waals surface area contributed by atoms with E-state index in [0.717, 1.165) is 18.7 Å². The molecule has 0 aliphatic carbocycles. The lowest BCUT2D eigenvalue weighted by atomic mass is 10.2. The third kappa shape index (κ3) is 4.09. The van der Waals surface area contributed by atoms with Crippen molar-refractivity contribution >= 4 is 0 Å². The number of hydrogen-bond donors (Lipinski definition) is 0. The minimum absolute atomic E-state index is 0.491. The van der Waals surface area contributed by atoms with E-state index in [1.807, 2.05) is 12.1 Å². The van der Waals surface area contributed by atoms with E-state index in [2.05, 4.69) is 36.8 Å². The first-order valence-corrected chi connectivity index (χ1v) is 5.15. The molecule has 3 nitrogen and oxygen atoms in total. The molecule has 0 aliphatic heterocycles. The summed E-state index contributed by atoms with van der Waals surface area (Å²) in [6, 6.07) is 5.85. The maximum Gasteiger partial charge on any atom is 0.140 e. The van der Waals surface area contributed by atoms with Crippen molar-refractivity contribution in [2.24, 2.45) is 5.92 Å². The first kappa shape index (κ1) is 11.7. The zero-order valence-corrected chi connectivity index (χ0v) is 9.57. The van der Waals surface area contributed by atoms with E-state index >= 15 is 0 Å². The van der Waals surface area contributed by atoms with Gasteiger partial charge < -0.3 is 4.90 Å². The Morgan fingerprint density at radius 2 is 2.27 bits per heavy atom. The Morgan fingerprint density at radius 1 is 1.53 bits per heavy atom. The molecule has 0 fully saturated rings. The standard InChI is InChI=1S/C12H17N3/c1-10(2)8-15(3)9-11-4-5-14-12(6-11)7-13/h4-6,10H,8-9H2,1-3H3. The Labute approximate surface area is 91.4 Å². The van der Waals surface area contributed by atoms with Gasteiger partial charge in [-0.3, -0.25) is 0 Å². The van der Waals surface area contributed by atoms with Gasteiger partial charge in [0.1, 0.15) is 11.8 Å². The van der Waals surface area contributed by atoms with Crippen LogP contribution in [-0.2, 0) is 6.54 Å². The van der Waals surface area contributed by atoms with Crippen LogP contribution >= 0.6 is 0 Å². The Balaban J connectivity index is 2.60. The minimum atomic E-state index is 0.491. The predicted molar refractivity (Wildman–Crippen MR) is 60.1 cm³/mol. The van der Waals surface area contributed by atoms with Gasteiger partial charge in [0.05, 0.1) is 0 Å². The molecule has 0 aromatic carbocycles. The fourth-order valence-corrected chi connectivity index (χ4v) is 1.63. The SMILES string of the molecule is CC(C)CN(C)Cc1ccnc(C#N)c1. The molecule has 1 heterocycles. The first-order valence-electron chi connectivity index (χ1n) is 5.15. The molecular weight excluding hydrogens is 186 g/mol. The number of rotatable bonds is 4. The van der Waals surface area contributed by atoms with Crippen LogP contribution in [0.2, 0.25) is 0 Å². The van der Waals surface area contributed by atoms with E-state index in [1.54, 1.807) is 6.20 Å². The molecule has 80 valence electrons. The summed E-state index contributed by atoms with van der Waals surface area (Å²) in [5, 5.41) is 8.72. The van der Waals surface area contributed by atoms with Crippen molar-refractivity contribution in [3.63, 3.8) is 0 Å². The molecule has 1 aromatic heterocycles. The van der Waals surface area contributed by atoms with Crippen molar-refractivity contribution < 1.29 is 0 Å². The van der Waals surface area contributed by atoms with Crippen LogP contribution in [0.3, 0.4) is 0 Å². The number of nitriles is 1. The summed E-state index contributed by atoms with van der Waals surface area (Å²) in [5.74, 6) is 0.660. The normalized spacial score (nSPS) is 10.7. The van der Waals surface area contributed by atoms with Gasteiger partial charge in [-0.2, -0.15) is 5.26 Å². The highest BCUT2D eigenvalue weighted by Crippen LogP contribution is 2.06. The Hall–Kier alpha value is -1.40. The summed E-state index contributed by atoms with van der Waals surface area (Å²) in [6.45, 7) is 6.33. The molecular formula is C12H17N3. The van der Waals surface area contributed by atoms with Gasteiger partial charge in [-0.25, -0.2) is 4.98 Å². The fourth-order valence-electron chi connectivity index (χ4n) is 1.63. The average molecular weight is 203 g/mol. The Bertz CT molecular complexity index is 352. The van der Waals surface area contributed by atoms with Crippen molar-refractivity contribution in [2.75, 3.05) is 13.6 Å². The number of pyridine rings is 1. The van der Waals surface area contributed by atoms with E-state index in [0.29, 0.717) is 11.6 Å². The Kier molecular flexibility index (Phi) is 4.26. The molecule has 1 rings (SSSR count). The number of nitrogens with zero attached hydrogens (tertiary/aromatic N) is 3. The van der Waals surface area contributed by atoms with Crippen LogP contribution < -0.4 is 0 Å². The zero-order chi connectivity index (χ0) is 11.3. The lowest BCUT2D eigenvalue weighted by Gasteiger charge is -2.18. The maximum absolute atomic E-state index is 8.72. The smallest absolute Gasteiger partial charge is 0.140 e. The molecule has 0 bridgehead atoms. The summed E-state index contributed by atoms with van der Waals surface area (Å²) < 4.78 is 0. The van der Waals surface area contributed by atoms with Crippen LogP contribution in [0.25, 0.3) is 0 Å². The molecule has 15 heavy (non-hydrogen) atoms. The second-order valence-electron chi connectivity index (χ2n) is 4.25. The second-order valence-corrected chi connectivity index (χ2v) is 4.25. The predicted octanol–water partition coefficient (Wildman–Crippen LogP) is 2.04. The van der Waals surface area contributed by atoms with Crippen molar-refractivity contribution in [3.8, 4) is 6.07 Å². The lowest BCUT2D eigenvalue weighted by Crippen LogP contribution is -2.22. The maximum atomic E-state index is 8.72. The highest BCUT2D eigenvalue weighted by Gasteiger charge is 2.03. The summed E-state index contributed by atoms with van der Waals surface area (Å²) in [6.07, 6.45) is 1.69. The highest BCUT2D eigenvalue weighted by atomic mass is 15.1. The quantitative estimate of drug-likeness (QED) is 0.751. The van der Waals surface area contributed by atoms with E-state index in [-0.39, 0.29) is 0 Å². The third-order valence-corrected chi connectivity index (χ3v) is 2.07. The van der Waals surface area contributed by atoms with Gasteiger partial charge in [0.25, 0.3) is 0 Å². The van der Waals surface area contributed by atoms with Gasteiger partial charge in [-0.1, -0.05) is 13.8 Å². The zero-order valence-electron chi connectivity index (χ0n) is 9.57. The summed E-state index contributed by atoms with van der Waals surface area (Å²) in [7, 11) is 2.09. The van der Waals surface area contributed by atoms with Gasteiger partial charge >= 0.3 is 0 Å². The molecule has 0 saturated heterocycles. The van der Waals surface area contributed by atoms with E-state index in [1.165, 1.54) is 0 Å². The van der Waals surface area contributed by atoms with Gasteiger partial charge in [0, 0.05) is 19.3 Å². The Morgan fingerprint density at radius 3 is 2.87 bits per heavy atom. The topological polar surface area (TPSA) is 39.9 Å². The van der Waals surface area contributed by atoms with E-state index < -0.39 is 0 Å². The molecule has 0 radical (unpaired) electrons. The van der Waals surface area contributed by atoms with Crippen LogP contribution in [0.1, 0.15) is 25.1 Å². The molecule has 0 spiro atoms. The van der Waals surface area contributed by atoms with E-state index in [4.69, 9.17) is 5.26 Å². The summed E-state index contributed by atoms with van der Waals surface area (Å²) in [4.78, 5) is 6.20. The third-order valence-electron chi connectivity index (χ3n) is 2.07. The fraction of sp³-hybridized carbons (Fsp3) is 0.500. The average Bonchev–Trinajstić information content (AvgIpc) is 2.16. The number of aromatic nitrogens is 1. The van der Waals surface area contributed by atoms with Gasteiger partial charge in [0.2, 0.25) is 0 Å². The van der Waals surface area contributed by atoms with Crippen LogP contribution in [0.15, 0.2) is 18.3 Å². The van der Waals surface area contributed by atoms with Gasteiger partial charge in [0.15, 0.2) is 0 Å². The van der Waals surface area contributed by atoms with Crippen molar-refractivity contribution in [2.45, 2.75) is 20.4 Å². The van der Waals surface area contributed by atoms with Crippen LogP contribution in [0.5, 0.6) is 0 Å². The van der Waals surface area contributed by atoms with Crippen LogP contribution in [0.4, 0.5) is 0 Å². The summed E-state index contributed by atoms with van der Waals surface area (Å²) in [5.41, 5.74) is 1.63. The van der Waals surface area contributed by atoms with Crippen molar-refractivity contribution in [1.82, 2.24) is 9.88 Å². The molecule has 1 aromatic rings. The summed E-state index contributed by atoms with van der Waals surface area (Å²) >= 11 is 0. The van der Waals surface area contributed by atoms with Crippen LogP contribution in [-0.4, -0.2) is 23.5 Å². The molecule has 0 aliphatic rings. The molecule has 0 unspecified atom stereocenters. The highest BCUT2D eigenvalue weighted by molar-refractivity contribution is 5.25. The second kappa shape index (κ2) is 5.47. The molecule has 0 N–H and O–H groups in total. The lowest BCUT2D eigenvalue weighted by molar-refractivity contribution is 0.288. The van der Waals surface area contributed by atoms with Gasteiger partial charge in [-0.15, -0.1) is 0 Å². The molecule has 0 atom stereocenters. The van der Waals surface area contributed by atoms with Crippen LogP contribution in [0, 0.1) is 17.2 Å². The first-order chi connectivity index (χ1) is 7.11. The van der Waals surface area contributed by atoms with Crippen molar-refractivity contribution in [1.29, 1.82) is 5.26 Å². The van der Waals surface area contributed by atoms with Gasteiger partial charge in [-0.05, 0) is 30.7 Å². The minimum Gasteiger partial charge on any atom is -0.302 e.